The van der Waals surface area contributed by atoms with E-state index < -0.39 is 0 Å². The molecule has 2 aliphatic rings. The molecule has 0 unspecified atom stereocenters. The molecule has 1 aromatic carbocycles. The number of halogens is 1. The first kappa shape index (κ1) is 21.0. The number of anilines is 2. The van der Waals surface area contributed by atoms with Crippen LogP contribution in [0.1, 0.15) is 51.0 Å². The lowest BCUT2D eigenvalue weighted by atomic mass is 9.79. The van der Waals surface area contributed by atoms with Gasteiger partial charge in [-0.25, -0.2) is 9.37 Å². The number of thiocarbonyl (C=S) groups is 1. The number of rotatable bonds is 5. The molecular weight excluding hydrogens is 395 g/mol. The maximum atomic E-state index is 13.4. The summed E-state index contributed by atoms with van der Waals surface area (Å²) in [5, 5.41) is 7.26. The van der Waals surface area contributed by atoms with Crippen molar-refractivity contribution in [2.45, 2.75) is 50.9 Å². The average molecular weight is 427 g/mol. The van der Waals surface area contributed by atoms with Gasteiger partial charge in [-0.2, -0.15) is 0 Å². The van der Waals surface area contributed by atoms with Crippen LogP contribution in [0.5, 0.6) is 0 Å². The van der Waals surface area contributed by atoms with Crippen LogP contribution >= 0.6 is 12.2 Å². The van der Waals surface area contributed by atoms with E-state index in [9.17, 15) is 4.39 Å². The van der Waals surface area contributed by atoms with Crippen molar-refractivity contribution in [1.82, 2.24) is 10.3 Å². The lowest BCUT2D eigenvalue weighted by Gasteiger charge is -2.31. The summed E-state index contributed by atoms with van der Waals surface area (Å²) in [6, 6.07) is 11.1. The monoisotopic (exact) mass is 426 g/mol. The number of aromatic nitrogens is 1. The van der Waals surface area contributed by atoms with Crippen LogP contribution in [0.2, 0.25) is 0 Å². The zero-order valence-electron chi connectivity index (χ0n) is 17.7. The smallest absolute Gasteiger partial charge is 0.170 e. The molecule has 2 fully saturated rings. The fourth-order valence-corrected chi connectivity index (χ4v) is 4.92. The van der Waals surface area contributed by atoms with Crippen molar-refractivity contribution in [3.8, 4) is 0 Å². The minimum absolute atomic E-state index is 0.0208. The van der Waals surface area contributed by atoms with E-state index in [1.54, 1.807) is 12.1 Å². The summed E-state index contributed by atoms with van der Waals surface area (Å²) in [6.07, 6.45) is 8.89. The molecule has 1 aliphatic heterocycles. The van der Waals surface area contributed by atoms with Crippen LogP contribution in [0.15, 0.2) is 42.6 Å². The Labute approximate surface area is 184 Å². The molecule has 30 heavy (non-hydrogen) atoms. The Morgan fingerprint density at radius 2 is 1.83 bits per heavy atom. The second-order valence-corrected chi connectivity index (χ2v) is 9.28. The highest BCUT2D eigenvalue weighted by Crippen LogP contribution is 2.40. The van der Waals surface area contributed by atoms with Crippen molar-refractivity contribution >= 4 is 28.8 Å². The van der Waals surface area contributed by atoms with Crippen LogP contribution < -0.4 is 15.5 Å². The van der Waals surface area contributed by atoms with Gasteiger partial charge in [0.1, 0.15) is 11.6 Å². The van der Waals surface area contributed by atoms with E-state index in [1.165, 1.54) is 31.2 Å². The van der Waals surface area contributed by atoms with Crippen LogP contribution in [0.3, 0.4) is 0 Å². The van der Waals surface area contributed by atoms with Crippen LogP contribution in [-0.2, 0) is 5.41 Å². The van der Waals surface area contributed by atoms with Crippen molar-refractivity contribution in [2.24, 2.45) is 5.92 Å². The third kappa shape index (κ3) is 4.91. The SMILES string of the molecule is CC1CCN(c2ccc(NC(=S)NCC3(c4ccc(F)cc4)CCCC3)cn2)CC1. The summed E-state index contributed by atoms with van der Waals surface area (Å²) in [7, 11) is 0. The fourth-order valence-electron chi connectivity index (χ4n) is 4.73. The van der Waals surface area contributed by atoms with E-state index in [0.717, 1.165) is 49.9 Å². The molecule has 0 spiro atoms. The number of hydrogen-bond acceptors (Lipinski definition) is 3. The zero-order chi connectivity index (χ0) is 21.0. The predicted octanol–water partition coefficient (Wildman–Crippen LogP) is 5.26. The van der Waals surface area contributed by atoms with Crippen molar-refractivity contribution in [1.29, 1.82) is 0 Å². The molecule has 2 aromatic rings. The number of nitrogens with zero attached hydrogens (tertiary/aromatic N) is 2. The third-order valence-corrected chi connectivity index (χ3v) is 6.96. The largest absolute Gasteiger partial charge is 0.362 e. The van der Waals surface area contributed by atoms with Crippen LogP contribution in [0.25, 0.3) is 0 Å². The number of piperidine rings is 1. The lowest BCUT2D eigenvalue weighted by Crippen LogP contribution is -2.40. The standard InChI is InChI=1S/C24H31FN4S/c1-18-10-14-29(15-11-18)22-9-8-21(16-26-22)28-23(30)27-17-24(12-2-3-13-24)19-4-6-20(25)7-5-19/h4-9,16,18H,2-3,10-15,17H2,1H3,(H2,27,28,30). The van der Waals surface area contributed by atoms with E-state index in [-0.39, 0.29) is 11.2 Å². The highest BCUT2D eigenvalue weighted by molar-refractivity contribution is 7.80. The van der Waals surface area contributed by atoms with Gasteiger partial charge in [0.15, 0.2) is 5.11 Å². The second-order valence-electron chi connectivity index (χ2n) is 8.88. The van der Waals surface area contributed by atoms with Crippen molar-refractivity contribution in [3.63, 3.8) is 0 Å². The Balaban J connectivity index is 1.33. The van der Waals surface area contributed by atoms with Gasteiger partial charge in [-0.15, -0.1) is 0 Å². The first-order valence-electron chi connectivity index (χ1n) is 11.1. The Bertz CT molecular complexity index is 839. The van der Waals surface area contributed by atoms with E-state index in [1.807, 2.05) is 24.4 Å². The van der Waals surface area contributed by atoms with Gasteiger partial charge < -0.3 is 15.5 Å². The highest BCUT2D eigenvalue weighted by Gasteiger charge is 2.35. The number of nitrogens with one attached hydrogen (secondary N) is 2. The molecule has 1 saturated heterocycles. The first-order chi connectivity index (χ1) is 14.5. The molecule has 4 nitrogen and oxygen atoms in total. The summed E-state index contributed by atoms with van der Waals surface area (Å²) < 4.78 is 13.4. The molecule has 4 rings (SSSR count). The maximum Gasteiger partial charge on any atom is 0.170 e. The summed E-state index contributed by atoms with van der Waals surface area (Å²) in [4.78, 5) is 6.98. The lowest BCUT2D eigenvalue weighted by molar-refractivity contribution is 0.434. The molecule has 6 heteroatoms. The third-order valence-electron chi connectivity index (χ3n) is 6.72. The van der Waals surface area contributed by atoms with Crippen molar-refractivity contribution < 1.29 is 4.39 Å². The number of benzene rings is 1. The summed E-state index contributed by atoms with van der Waals surface area (Å²) in [6.45, 7) is 5.22. The molecule has 1 aromatic heterocycles. The zero-order valence-corrected chi connectivity index (χ0v) is 18.5. The molecular formula is C24H31FN4S. The van der Waals surface area contributed by atoms with Gasteiger partial charge in [-0.3, -0.25) is 0 Å². The van der Waals surface area contributed by atoms with Gasteiger partial charge in [0, 0.05) is 25.0 Å². The van der Waals surface area contributed by atoms with E-state index >= 15 is 0 Å². The molecule has 1 saturated carbocycles. The topological polar surface area (TPSA) is 40.2 Å². The van der Waals surface area contributed by atoms with Gasteiger partial charge in [0.2, 0.25) is 0 Å². The second kappa shape index (κ2) is 9.29. The Morgan fingerprint density at radius 1 is 1.13 bits per heavy atom. The maximum absolute atomic E-state index is 13.4. The molecule has 1 aliphatic carbocycles. The van der Waals surface area contributed by atoms with E-state index in [2.05, 4.69) is 33.5 Å². The van der Waals surface area contributed by atoms with Gasteiger partial charge in [-0.05, 0) is 73.6 Å². The number of hydrogen-bond donors (Lipinski definition) is 2. The first-order valence-corrected chi connectivity index (χ1v) is 11.5. The normalized spacial score (nSPS) is 18.9. The van der Waals surface area contributed by atoms with E-state index in [0.29, 0.717) is 5.11 Å². The van der Waals surface area contributed by atoms with Gasteiger partial charge in [-0.1, -0.05) is 31.9 Å². The molecule has 0 radical (unpaired) electrons. The minimum atomic E-state index is -0.188. The van der Waals surface area contributed by atoms with Crippen molar-refractivity contribution in [3.05, 3.63) is 54.0 Å². The molecule has 0 amide bonds. The Morgan fingerprint density at radius 3 is 2.47 bits per heavy atom. The van der Waals surface area contributed by atoms with Crippen LogP contribution in [0, 0.1) is 11.7 Å². The molecule has 2 heterocycles. The quantitative estimate of drug-likeness (QED) is 0.639. The average Bonchev–Trinajstić information content (AvgIpc) is 3.24. The molecule has 0 bridgehead atoms. The van der Waals surface area contributed by atoms with Gasteiger partial charge in [0.05, 0.1) is 11.9 Å². The van der Waals surface area contributed by atoms with Crippen LogP contribution in [0.4, 0.5) is 15.9 Å². The Kier molecular flexibility index (Phi) is 6.52. The Hall–Kier alpha value is -2.21. The number of pyridine rings is 1. The highest BCUT2D eigenvalue weighted by atomic mass is 32.1. The van der Waals surface area contributed by atoms with Gasteiger partial charge >= 0.3 is 0 Å². The van der Waals surface area contributed by atoms with Gasteiger partial charge in [0.25, 0.3) is 0 Å². The summed E-state index contributed by atoms with van der Waals surface area (Å²) in [5.41, 5.74) is 2.11. The molecule has 160 valence electrons. The summed E-state index contributed by atoms with van der Waals surface area (Å²) in [5.74, 6) is 1.66. The minimum Gasteiger partial charge on any atom is -0.362 e. The van der Waals surface area contributed by atoms with Crippen molar-refractivity contribution in [2.75, 3.05) is 29.9 Å². The van der Waals surface area contributed by atoms with Crippen LogP contribution in [-0.4, -0.2) is 29.7 Å². The van der Waals surface area contributed by atoms with E-state index in [4.69, 9.17) is 12.2 Å². The molecule has 2 N–H and O–H groups in total. The predicted molar refractivity (Wildman–Crippen MR) is 126 cm³/mol. The fraction of sp³-hybridized carbons (Fsp3) is 0.500. The summed E-state index contributed by atoms with van der Waals surface area (Å²) >= 11 is 5.54. The molecule has 0 atom stereocenters.